The van der Waals surface area contributed by atoms with Gasteiger partial charge in [-0.05, 0) is 29.8 Å². The molecule has 0 aliphatic carbocycles. The van der Waals surface area contributed by atoms with E-state index in [9.17, 15) is 9.59 Å². The largest absolute Gasteiger partial charge is 0.492 e. The molecule has 2 heterocycles. The van der Waals surface area contributed by atoms with Crippen molar-refractivity contribution < 1.29 is 4.74 Å². The summed E-state index contributed by atoms with van der Waals surface area (Å²) in [5, 5.41) is 4.83. The molecule has 0 fully saturated rings. The van der Waals surface area contributed by atoms with Crippen LogP contribution in [-0.4, -0.2) is 31.9 Å². The predicted octanol–water partition coefficient (Wildman–Crippen LogP) is 2.60. The molecule has 0 spiro atoms. The molecule has 31 heavy (non-hydrogen) atoms. The summed E-state index contributed by atoms with van der Waals surface area (Å²) >= 11 is 5.90. The van der Waals surface area contributed by atoms with Gasteiger partial charge in [0.15, 0.2) is 11.2 Å². The standard InChI is InChI=1S/C21H19ClN6O3/c1-27-18-17(19(29)25-21(27)30)28(11-12-31-16-5-3-2-4-6-16)20(24-18)26-23-13-14-7-9-15(22)10-8-14/h2-10,13H,11-12H2,1H3,(H,24,26)(H,25,29,30)/b23-13-. The maximum atomic E-state index is 12.5. The van der Waals surface area contributed by atoms with E-state index in [1.165, 1.54) is 4.57 Å². The van der Waals surface area contributed by atoms with Gasteiger partial charge in [0.2, 0.25) is 5.95 Å². The molecule has 0 aliphatic heterocycles. The van der Waals surface area contributed by atoms with Crippen LogP contribution in [0.25, 0.3) is 11.2 Å². The number of rotatable bonds is 7. The third-order valence-electron chi connectivity index (χ3n) is 4.58. The second kappa shape index (κ2) is 8.88. The topological polar surface area (TPSA) is 106 Å². The molecule has 0 atom stereocenters. The minimum absolute atomic E-state index is 0.248. The quantitative estimate of drug-likeness (QED) is 0.341. The maximum Gasteiger partial charge on any atom is 0.329 e. The average molecular weight is 439 g/mol. The SMILES string of the molecule is Cn1c(=O)[nH]c(=O)c2c1nc(N/N=C\c1ccc(Cl)cc1)n2CCOc1ccccc1. The second-order valence-corrected chi connectivity index (χ2v) is 7.10. The Morgan fingerprint density at radius 1 is 1.16 bits per heavy atom. The number of aryl methyl sites for hydroxylation is 1. The number of H-pyrrole nitrogens is 1. The molecule has 158 valence electrons. The molecule has 0 unspecified atom stereocenters. The number of benzene rings is 2. The fourth-order valence-electron chi connectivity index (χ4n) is 3.02. The number of anilines is 1. The molecule has 0 bridgehead atoms. The molecule has 0 saturated carbocycles. The molecule has 2 N–H and O–H groups in total. The van der Waals surface area contributed by atoms with E-state index in [0.29, 0.717) is 23.3 Å². The van der Waals surface area contributed by atoms with Gasteiger partial charge in [-0.3, -0.25) is 18.9 Å². The molecule has 4 aromatic rings. The van der Waals surface area contributed by atoms with Crippen molar-refractivity contribution in [3.05, 3.63) is 86.0 Å². The monoisotopic (exact) mass is 438 g/mol. The van der Waals surface area contributed by atoms with Crippen LogP contribution in [0.2, 0.25) is 5.02 Å². The normalized spacial score (nSPS) is 11.3. The van der Waals surface area contributed by atoms with Crippen molar-refractivity contribution in [2.24, 2.45) is 12.1 Å². The van der Waals surface area contributed by atoms with Gasteiger partial charge in [0.25, 0.3) is 5.56 Å². The number of fused-ring (bicyclic) bond motifs is 1. The summed E-state index contributed by atoms with van der Waals surface area (Å²) in [5.41, 5.74) is 3.11. The van der Waals surface area contributed by atoms with E-state index in [4.69, 9.17) is 16.3 Å². The Kier molecular flexibility index (Phi) is 5.85. The molecule has 10 heteroatoms. The van der Waals surface area contributed by atoms with Crippen LogP contribution >= 0.6 is 11.6 Å². The number of halogens is 1. The Bertz CT molecular complexity index is 1340. The Hall–Kier alpha value is -3.85. The summed E-state index contributed by atoms with van der Waals surface area (Å²) in [6.07, 6.45) is 1.60. The number of hydrazone groups is 1. The number of imidazole rings is 1. The molecular weight excluding hydrogens is 420 g/mol. The van der Waals surface area contributed by atoms with E-state index < -0.39 is 11.2 Å². The zero-order valence-electron chi connectivity index (χ0n) is 16.6. The van der Waals surface area contributed by atoms with Gasteiger partial charge in [-0.1, -0.05) is 41.9 Å². The van der Waals surface area contributed by atoms with Gasteiger partial charge in [-0.15, -0.1) is 0 Å². The first kappa shape index (κ1) is 20.4. The smallest absolute Gasteiger partial charge is 0.329 e. The van der Waals surface area contributed by atoms with Crippen LogP contribution in [0.1, 0.15) is 5.56 Å². The number of aromatic nitrogens is 4. The van der Waals surface area contributed by atoms with Crippen molar-refractivity contribution >= 4 is 34.9 Å². The summed E-state index contributed by atoms with van der Waals surface area (Å²) < 4.78 is 8.67. The van der Waals surface area contributed by atoms with Gasteiger partial charge in [-0.2, -0.15) is 10.1 Å². The third kappa shape index (κ3) is 4.51. The van der Waals surface area contributed by atoms with Crippen LogP contribution in [0.15, 0.2) is 69.3 Å². The van der Waals surface area contributed by atoms with Gasteiger partial charge >= 0.3 is 5.69 Å². The van der Waals surface area contributed by atoms with Crippen molar-refractivity contribution in [2.45, 2.75) is 6.54 Å². The second-order valence-electron chi connectivity index (χ2n) is 6.66. The fraction of sp³-hybridized carbons (Fsp3) is 0.143. The minimum atomic E-state index is -0.543. The first-order chi connectivity index (χ1) is 15.0. The lowest BCUT2D eigenvalue weighted by Crippen LogP contribution is -2.29. The van der Waals surface area contributed by atoms with Crippen LogP contribution in [0, 0.1) is 0 Å². The number of para-hydroxylation sites is 1. The van der Waals surface area contributed by atoms with E-state index >= 15 is 0 Å². The number of ether oxygens (including phenoxy) is 1. The van der Waals surface area contributed by atoms with Crippen LogP contribution in [0.4, 0.5) is 5.95 Å². The molecule has 2 aromatic heterocycles. The summed E-state index contributed by atoms with van der Waals surface area (Å²) in [7, 11) is 1.54. The van der Waals surface area contributed by atoms with Crippen LogP contribution in [0.5, 0.6) is 5.75 Å². The van der Waals surface area contributed by atoms with Crippen molar-refractivity contribution in [2.75, 3.05) is 12.0 Å². The summed E-state index contributed by atoms with van der Waals surface area (Å²) in [6, 6.07) is 16.5. The number of nitrogens with one attached hydrogen (secondary N) is 2. The van der Waals surface area contributed by atoms with Gasteiger partial charge < -0.3 is 4.74 Å². The maximum absolute atomic E-state index is 12.5. The Balaban J connectivity index is 1.64. The zero-order chi connectivity index (χ0) is 21.8. The van der Waals surface area contributed by atoms with Crippen molar-refractivity contribution in [1.82, 2.24) is 19.1 Å². The minimum Gasteiger partial charge on any atom is -0.492 e. The van der Waals surface area contributed by atoms with Crippen LogP contribution < -0.4 is 21.4 Å². The molecule has 4 rings (SSSR count). The average Bonchev–Trinajstić information content (AvgIpc) is 3.13. The zero-order valence-corrected chi connectivity index (χ0v) is 17.3. The summed E-state index contributed by atoms with van der Waals surface area (Å²) in [5.74, 6) is 1.02. The van der Waals surface area contributed by atoms with E-state index in [-0.39, 0.29) is 17.8 Å². The lowest BCUT2D eigenvalue weighted by Gasteiger charge is -2.10. The molecule has 0 saturated heterocycles. The van der Waals surface area contributed by atoms with Gasteiger partial charge in [0.1, 0.15) is 12.4 Å². The molecule has 2 aromatic carbocycles. The number of nitrogens with zero attached hydrogens (tertiary/aromatic N) is 4. The van der Waals surface area contributed by atoms with Gasteiger partial charge in [-0.25, -0.2) is 10.2 Å². The third-order valence-corrected chi connectivity index (χ3v) is 4.83. The van der Waals surface area contributed by atoms with E-state index in [2.05, 4.69) is 20.5 Å². The Morgan fingerprint density at radius 2 is 1.90 bits per heavy atom. The van der Waals surface area contributed by atoms with E-state index in [1.54, 1.807) is 30.0 Å². The molecule has 0 amide bonds. The van der Waals surface area contributed by atoms with Crippen molar-refractivity contribution in [3.8, 4) is 5.75 Å². The highest BCUT2D eigenvalue weighted by Gasteiger charge is 2.17. The highest BCUT2D eigenvalue weighted by molar-refractivity contribution is 6.30. The predicted molar refractivity (Wildman–Crippen MR) is 120 cm³/mol. The number of aromatic amines is 1. The molecule has 0 aliphatic rings. The molecular formula is C21H19ClN6O3. The van der Waals surface area contributed by atoms with Crippen molar-refractivity contribution in [3.63, 3.8) is 0 Å². The molecule has 9 nitrogen and oxygen atoms in total. The first-order valence-corrected chi connectivity index (χ1v) is 9.83. The lowest BCUT2D eigenvalue weighted by molar-refractivity contribution is 0.301. The van der Waals surface area contributed by atoms with E-state index in [1.807, 2.05) is 42.5 Å². The van der Waals surface area contributed by atoms with Gasteiger partial charge in [0, 0.05) is 12.1 Å². The highest BCUT2D eigenvalue weighted by Crippen LogP contribution is 2.16. The van der Waals surface area contributed by atoms with Crippen molar-refractivity contribution in [1.29, 1.82) is 0 Å². The number of hydrogen-bond donors (Lipinski definition) is 2. The summed E-state index contributed by atoms with van der Waals surface area (Å²) in [4.78, 5) is 31.2. The Labute approximate surface area is 181 Å². The van der Waals surface area contributed by atoms with Gasteiger partial charge in [0.05, 0.1) is 12.8 Å². The van der Waals surface area contributed by atoms with E-state index in [0.717, 1.165) is 5.56 Å². The highest BCUT2D eigenvalue weighted by atomic mass is 35.5. The van der Waals surface area contributed by atoms with Crippen LogP contribution in [0.3, 0.4) is 0 Å². The number of hydrogen-bond acceptors (Lipinski definition) is 6. The fourth-order valence-corrected chi connectivity index (χ4v) is 3.15. The Morgan fingerprint density at radius 3 is 2.65 bits per heavy atom. The first-order valence-electron chi connectivity index (χ1n) is 9.45. The lowest BCUT2D eigenvalue weighted by atomic mass is 10.2. The summed E-state index contributed by atoms with van der Waals surface area (Å²) in [6.45, 7) is 0.596. The van der Waals surface area contributed by atoms with Crippen LogP contribution in [-0.2, 0) is 13.6 Å². The molecule has 0 radical (unpaired) electrons.